The first-order chi connectivity index (χ1) is 12.4. The fraction of sp³-hybridized carbons (Fsp3) is 0.118. The standard InChI is InChI=1S/C17H14F3N5O/c18-17(19,20)13-8-4-5-9-14(13)23-16(26)21-10-15-24-22-11-25(15)12-6-2-1-3-7-12/h1-9,11H,10H2,(H2,21,23,26). The predicted octanol–water partition coefficient (Wildman–Crippen LogP) is 3.61. The maximum atomic E-state index is 13.0. The first-order valence-electron chi connectivity index (χ1n) is 7.60. The lowest BCUT2D eigenvalue weighted by molar-refractivity contribution is -0.136. The van der Waals surface area contributed by atoms with E-state index in [9.17, 15) is 18.0 Å². The number of hydrogen-bond donors (Lipinski definition) is 2. The van der Waals surface area contributed by atoms with E-state index in [2.05, 4.69) is 20.8 Å². The molecule has 0 aliphatic heterocycles. The molecule has 2 amide bonds. The molecule has 26 heavy (non-hydrogen) atoms. The molecule has 0 saturated carbocycles. The van der Waals surface area contributed by atoms with Crippen molar-refractivity contribution < 1.29 is 18.0 Å². The van der Waals surface area contributed by atoms with Crippen molar-refractivity contribution in [2.45, 2.75) is 12.7 Å². The van der Waals surface area contributed by atoms with Gasteiger partial charge in [0.05, 0.1) is 17.8 Å². The highest BCUT2D eigenvalue weighted by Gasteiger charge is 2.33. The minimum atomic E-state index is -4.56. The third kappa shape index (κ3) is 4.00. The zero-order chi connectivity index (χ0) is 18.6. The summed E-state index contributed by atoms with van der Waals surface area (Å²) in [6, 6.07) is 13.2. The number of hydrogen-bond acceptors (Lipinski definition) is 3. The van der Waals surface area contributed by atoms with Gasteiger partial charge in [0.25, 0.3) is 0 Å². The van der Waals surface area contributed by atoms with E-state index in [-0.39, 0.29) is 12.2 Å². The van der Waals surface area contributed by atoms with Gasteiger partial charge in [-0.15, -0.1) is 10.2 Å². The minimum absolute atomic E-state index is 0.00505. The molecule has 0 radical (unpaired) electrons. The second kappa shape index (κ2) is 7.26. The molecular formula is C17H14F3N5O. The van der Waals surface area contributed by atoms with Gasteiger partial charge in [-0.25, -0.2) is 4.79 Å². The molecule has 0 aliphatic rings. The number of para-hydroxylation sites is 2. The van der Waals surface area contributed by atoms with Crippen molar-refractivity contribution in [3.05, 3.63) is 72.3 Å². The lowest BCUT2D eigenvalue weighted by Gasteiger charge is -2.14. The highest BCUT2D eigenvalue weighted by atomic mass is 19.4. The van der Waals surface area contributed by atoms with E-state index in [1.54, 1.807) is 4.57 Å². The van der Waals surface area contributed by atoms with Crippen LogP contribution in [0.1, 0.15) is 11.4 Å². The quantitative estimate of drug-likeness (QED) is 0.746. The van der Waals surface area contributed by atoms with Gasteiger partial charge in [0.1, 0.15) is 6.33 Å². The van der Waals surface area contributed by atoms with Gasteiger partial charge in [-0.05, 0) is 24.3 Å². The van der Waals surface area contributed by atoms with Crippen LogP contribution in [-0.4, -0.2) is 20.8 Å². The van der Waals surface area contributed by atoms with Gasteiger partial charge in [-0.2, -0.15) is 13.2 Å². The Kier molecular flexibility index (Phi) is 4.87. The summed E-state index contributed by atoms with van der Waals surface area (Å²) in [6.07, 6.45) is -3.07. The van der Waals surface area contributed by atoms with E-state index >= 15 is 0 Å². The van der Waals surface area contributed by atoms with Crippen LogP contribution in [0.3, 0.4) is 0 Å². The minimum Gasteiger partial charge on any atom is -0.331 e. The van der Waals surface area contributed by atoms with E-state index in [1.165, 1.54) is 24.5 Å². The molecule has 0 unspecified atom stereocenters. The maximum absolute atomic E-state index is 13.0. The summed E-state index contributed by atoms with van der Waals surface area (Å²) in [7, 11) is 0. The van der Waals surface area contributed by atoms with E-state index in [4.69, 9.17) is 0 Å². The van der Waals surface area contributed by atoms with Gasteiger partial charge in [-0.3, -0.25) is 4.57 Å². The molecule has 3 rings (SSSR count). The number of carbonyl (C=O) groups is 1. The SMILES string of the molecule is O=C(NCc1nncn1-c1ccccc1)Nc1ccccc1C(F)(F)F. The van der Waals surface area contributed by atoms with Crippen molar-refractivity contribution >= 4 is 11.7 Å². The second-order valence-electron chi connectivity index (χ2n) is 5.30. The number of benzene rings is 2. The Labute approximate surface area is 146 Å². The van der Waals surface area contributed by atoms with Crippen molar-refractivity contribution in [2.24, 2.45) is 0 Å². The molecule has 1 heterocycles. The Bertz CT molecular complexity index is 893. The molecule has 2 aromatic carbocycles. The number of aromatic nitrogens is 3. The second-order valence-corrected chi connectivity index (χ2v) is 5.30. The summed E-state index contributed by atoms with van der Waals surface area (Å²) in [5.74, 6) is 0.440. The zero-order valence-corrected chi connectivity index (χ0v) is 13.4. The van der Waals surface area contributed by atoms with Gasteiger partial charge in [0, 0.05) is 5.69 Å². The number of nitrogens with one attached hydrogen (secondary N) is 2. The molecule has 0 saturated heterocycles. The topological polar surface area (TPSA) is 71.8 Å². The smallest absolute Gasteiger partial charge is 0.331 e. The van der Waals surface area contributed by atoms with Crippen LogP contribution in [0, 0.1) is 0 Å². The molecule has 1 aromatic heterocycles. The Morgan fingerprint density at radius 2 is 1.73 bits per heavy atom. The Hall–Kier alpha value is -3.36. The summed E-state index contributed by atoms with van der Waals surface area (Å²) >= 11 is 0. The number of urea groups is 1. The molecule has 9 heteroatoms. The first-order valence-corrected chi connectivity index (χ1v) is 7.60. The summed E-state index contributed by atoms with van der Waals surface area (Å²) in [5, 5.41) is 12.4. The fourth-order valence-corrected chi connectivity index (χ4v) is 2.35. The van der Waals surface area contributed by atoms with Gasteiger partial charge >= 0.3 is 12.2 Å². The lowest BCUT2D eigenvalue weighted by atomic mass is 10.1. The molecule has 0 fully saturated rings. The summed E-state index contributed by atoms with van der Waals surface area (Å²) < 4.78 is 40.5. The average Bonchev–Trinajstić information content (AvgIpc) is 3.09. The van der Waals surface area contributed by atoms with Crippen LogP contribution in [0.25, 0.3) is 5.69 Å². The van der Waals surface area contributed by atoms with Gasteiger partial charge in [-0.1, -0.05) is 30.3 Å². The molecule has 2 N–H and O–H groups in total. The molecular weight excluding hydrogens is 347 g/mol. The van der Waals surface area contributed by atoms with Gasteiger partial charge in [0.15, 0.2) is 5.82 Å². The third-order valence-electron chi connectivity index (χ3n) is 3.54. The highest BCUT2D eigenvalue weighted by molar-refractivity contribution is 5.90. The van der Waals surface area contributed by atoms with E-state index in [0.29, 0.717) is 5.82 Å². The molecule has 0 aliphatic carbocycles. The molecule has 0 spiro atoms. The van der Waals surface area contributed by atoms with Crippen molar-refractivity contribution in [1.29, 1.82) is 0 Å². The number of carbonyl (C=O) groups excluding carboxylic acids is 1. The number of amides is 2. The summed E-state index contributed by atoms with van der Waals surface area (Å²) in [6.45, 7) is -0.00505. The first kappa shape index (κ1) is 17.5. The highest BCUT2D eigenvalue weighted by Crippen LogP contribution is 2.34. The van der Waals surface area contributed by atoms with Crippen LogP contribution < -0.4 is 10.6 Å². The van der Waals surface area contributed by atoms with Crippen LogP contribution in [0.2, 0.25) is 0 Å². The molecule has 0 atom stereocenters. The molecule has 6 nitrogen and oxygen atoms in total. The average molecular weight is 361 g/mol. The lowest BCUT2D eigenvalue weighted by Crippen LogP contribution is -2.30. The van der Waals surface area contributed by atoms with E-state index in [1.807, 2.05) is 30.3 Å². The monoisotopic (exact) mass is 361 g/mol. The van der Waals surface area contributed by atoms with Gasteiger partial charge < -0.3 is 10.6 Å². The van der Waals surface area contributed by atoms with Crippen LogP contribution >= 0.6 is 0 Å². The third-order valence-corrected chi connectivity index (χ3v) is 3.54. The van der Waals surface area contributed by atoms with Crippen LogP contribution in [0.5, 0.6) is 0 Å². The van der Waals surface area contributed by atoms with Crippen molar-refractivity contribution in [3.63, 3.8) is 0 Å². The number of halogens is 3. The van der Waals surface area contributed by atoms with E-state index in [0.717, 1.165) is 11.8 Å². The Morgan fingerprint density at radius 1 is 1.04 bits per heavy atom. The number of rotatable bonds is 4. The molecule has 3 aromatic rings. The van der Waals surface area contributed by atoms with Crippen molar-refractivity contribution in [3.8, 4) is 5.69 Å². The van der Waals surface area contributed by atoms with Crippen LogP contribution in [-0.2, 0) is 12.7 Å². The summed E-state index contributed by atoms with van der Waals surface area (Å²) in [5.41, 5.74) is -0.429. The number of anilines is 1. The number of nitrogens with zero attached hydrogens (tertiary/aromatic N) is 3. The zero-order valence-electron chi connectivity index (χ0n) is 13.4. The Morgan fingerprint density at radius 3 is 2.46 bits per heavy atom. The molecule has 0 bridgehead atoms. The largest absolute Gasteiger partial charge is 0.418 e. The summed E-state index contributed by atoms with van der Waals surface area (Å²) in [4.78, 5) is 12.0. The predicted molar refractivity (Wildman–Crippen MR) is 88.7 cm³/mol. The maximum Gasteiger partial charge on any atom is 0.418 e. The van der Waals surface area contributed by atoms with Crippen LogP contribution in [0.15, 0.2) is 60.9 Å². The van der Waals surface area contributed by atoms with Gasteiger partial charge in [0.2, 0.25) is 0 Å². The van der Waals surface area contributed by atoms with Crippen molar-refractivity contribution in [1.82, 2.24) is 20.1 Å². The normalized spacial score (nSPS) is 11.2. The Balaban J connectivity index is 1.68. The fourth-order valence-electron chi connectivity index (χ4n) is 2.35. The van der Waals surface area contributed by atoms with Crippen LogP contribution in [0.4, 0.5) is 23.7 Å². The molecule has 134 valence electrons. The van der Waals surface area contributed by atoms with Crippen molar-refractivity contribution in [2.75, 3.05) is 5.32 Å². The number of alkyl halides is 3. The van der Waals surface area contributed by atoms with E-state index < -0.39 is 17.8 Å².